The molecule has 108 valence electrons. The van der Waals surface area contributed by atoms with Crippen molar-refractivity contribution in [2.75, 3.05) is 0 Å². The Bertz CT molecular complexity index is 696. The van der Waals surface area contributed by atoms with Crippen LogP contribution in [-0.4, -0.2) is 22.1 Å². The number of H-pyrrole nitrogens is 2. The van der Waals surface area contributed by atoms with Crippen molar-refractivity contribution in [3.8, 4) is 0 Å². The van der Waals surface area contributed by atoms with Gasteiger partial charge in [-0.3, -0.25) is 0 Å². The summed E-state index contributed by atoms with van der Waals surface area (Å²) in [6.45, 7) is 4.07. The Kier molecular flexibility index (Phi) is 3.12. The van der Waals surface area contributed by atoms with Crippen LogP contribution in [0.25, 0.3) is 11.0 Å². The van der Waals surface area contributed by atoms with Crippen molar-refractivity contribution in [1.82, 2.24) is 15.3 Å². The first-order valence-electron chi connectivity index (χ1n) is 6.81. The van der Waals surface area contributed by atoms with Crippen LogP contribution in [0.1, 0.15) is 38.2 Å². The third-order valence-corrected chi connectivity index (χ3v) is 4.01. The zero-order valence-corrected chi connectivity index (χ0v) is 11.4. The second-order valence-electron chi connectivity index (χ2n) is 5.73. The average molecular weight is 281 g/mol. The average Bonchev–Trinajstić information content (AvgIpc) is 2.73. The van der Waals surface area contributed by atoms with Gasteiger partial charge in [0, 0.05) is 12.1 Å². The first kappa shape index (κ1) is 13.3. The van der Waals surface area contributed by atoms with Gasteiger partial charge in [-0.15, -0.1) is 0 Å². The number of halogens is 2. The number of piperidine rings is 1. The SMILES string of the molecule is CC1CC(c2cc3[nH]c(=O)[nH]c3c(F)c2F)CC(C)N1. The van der Waals surface area contributed by atoms with Crippen molar-refractivity contribution < 1.29 is 8.78 Å². The van der Waals surface area contributed by atoms with E-state index in [1.54, 1.807) is 6.07 Å². The van der Waals surface area contributed by atoms with Gasteiger partial charge in [-0.2, -0.15) is 0 Å². The molecule has 6 heteroatoms. The van der Waals surface area contributed by atoms with Gasteiger partial charge in [-0.05, 0) is 44.2 Å². The Hall–Kier alpha value is -1.69. The minimum atomic E-state index is -0.977. The summed E-state index contributed by atoms with van der Waals surface area (Å²) in [7, 11) is 0. The largest absolute Gasteiger partial charge is 0.323 e. The lowest BCUT2D eigenvalue weighted by molar-refractivity contribution is 0.310. The van der Waals surface area contributed by atoms with Gasteiger partial charge in [0.05, 0.1) is 5.52 Å². The minimum Gasteiger partial charge on any atom is -0.312 e. The van der Waals surface area contributed by atoms with Crippen LogP contribution < -0.4 is 11.0 Å². The Morgan fingerprint density at radius 3 is 2.40 bits per heavy atom. The van der Waals surface area contributed by atoms with E-state index in [0.29, 0.717) is 11.1 Å². The van der Waals surface area contributed by atoms with Crippen LogP contribution in [0, 0.1) is 11.6 Å². The Morgan fingerprint density at radius 1 is 1.10 bits per heavy atom. The van der Waals surface area contributed by atoms with Gasteiger partial charge in [0.2, 0.25) is 0 Å². The van der Waals surface area contributed by atoms with Gasteiger partial charge >= 0.3 is 5.69 Å². The van der Waals surface area contributed by atoms with Crippen molar-refractivity contribution in [3.63, 3.8) is 0 Å². The molecule has 2 heterocycles. The quantitative estimate of drug-likeness (QED) is 0.751. The summed E-state index contributed by atoms with van der Waals surface area (Å²) in [6.07, 6.45) is 1.50. The maximum Gasteiger partial charge on any atom is 0.323 e. The third-order valence-electron chi connectivity index (χ3n) is 4.01. The highest BCUT2D eigenvalue weighted by atomic mass is 19.2. The standard InChI is InChI=1S/C14H17F2N3O/c1-6-3-8(4-7(2)17-6)9-5-10-13(12(16)11(9)15)19-14(20)18-10/h5-8,17H,3-4H2,1-2H3,(H2,18,19,20). The molecule has 1 fully saturated rings. The van der Waals surface area contributed by atoms with E-state index in [4.69, 9.17) is 0 Å². The minimum absolute atomic E-state index is 0.0430. The number of aromatic amines is 2. The number of rotatable bonds is 1. The summed E-state index contributed by atoms with van der Waals surface area (Å²) in [4.78, 5) is 16.0. The number of hydrogen-bond acceptors (Lipinski definition) is 2. The molecule has 3 N–H and O–H groups in total. The van der Waals surface area contributed by atoms with Crippen molar-refractivity contribution in [2.24, 2.45) is 0 Å². The Labute approximate surface area is 114 Å². The van der Waals surface area contributed by atoms with Gasteiger partial charge in [0.15, 0.2) is 11.6 Å². The van der Waals surface area contributed by atoms with E-state index in [1.807, 2.05) is 13.8 Å². The number of hydrogen-bond donors (Lipinski definition) is 3. The van der Waals surface area contributed by atoms with Gasteiger partial charge in [-0.25, -0.2) is 13.6 Å². The number of fused-ring (bicyclic) bond motifs is 1. The fourth-order valence-corrected chi connectivity index (χ4v) is 3.26. The maximum atomic E-state index is 14.2. The zero-order valence-electron chi connectivity index (χ0n) is 11.4. The van der Waals surface area contributed by atoms with E-state index >= 15 is 0 Å². The molecule has 3 rings (SSSR count). The highest BCUT2D eigenvalue weighted by Crippen LogP contribution is 2.34. The molecule has 1 aromatic carbocycles. The summed E-state index contributed by atoms with van der Waals surface area (Å²) in [6, 6.07) is 2.07. The number of benzene rings is 1. The van der Waals surface area contributed by atoms with Gasteiger partial charge in [0.1, 0.15) is 5.52 Å². The molecule has 1 aromatic heterocycles. The third kappa shape index (κ3) is 2.14. The molecule has 2 unspecified atom stereocenters. The molecule has 1 aliphatic heterocycles. The van der Waals surface area contributed by atoms with Gasteiger partial charge in [-0.1, -0.05) is 0 Å². The lowest BCUT2D eigenvalue weighted by atomic mass is 9.83. The molecular formula is C14H17F2N3O. The molecule has 0 aliphatic carbocycles. The lowest BCUT2D eigenvalue weighted by Gasteiger charge is -2.33. The van der Waals surface area contributed by atoms with E-state index in [9.17, 15) is 13.6 Å². The molecule has 2 aromatic rings. The smallest absolute Gasteiger partial charge is 0.312 e. The van der Waals surface area contributed by atoms with Crippen LogP contribution in [0.2, 0.25) is 0 Å². The number of aromatic nitrogens is 2. The van der Waals surface area contributed by atoms with Crippen molar-refractivity contribution in [2.45, 2.75) is 44.7 Å². The fraction of sp³-hybridized carbons (Fsp3) is 0.500. The summed E-state index contributed by atoms with van der Waals surface area (Å²) < 4.78 is 28.3. The molecule has 1 aliphatic rings. The van der Waals surface area contributed by atoms with E-state index in [-0.39, 0.29) is 23.5 Å². The highest BCUT2D eigenvalue weighted by Gasteiger charge is 2.28. The Morgan fingerprint density at radius 2 is 1.75 bits per heavy atom. The number of nitrogens with one attached hydrogen (secondary N) is 3. The molecule has 0 bridgehead atoms. The maximum absolute atomic E-state index is 14.2. The van der Waals surface area contributed by atoms with Crippen LogP contribution in [0.3, 0.4) is 0 Å². The molecule has 0 saturated carbocycles. The van der Waals surface area contributed by atoms with Crippen LogP contribution in [-0.2, 0) is 0 Å². The molecule has 4 nitrogen and oxygen atoms in total. The first-order valence-corrected chi connectivity index (χ1v) is 6.81. The van der Waals surface area contributed by atoms with Crippen molar-refractivity contribution >= 4 is 11.0 Å². The molecular weight excluding hydrogens is 264 g/mol. The molecule has 1 saturated heterocycles. The highest BCUT2D eigenvalue weighted by molar-refractivity contribution is 5.76. The lowest BCUT2D eigenvalue weighted by Crippen LogP contribution is -2.41. The van der Waals surface area contributed by atoms with Crippen LogP contribution in [0.15, 0.2) is 10.9 Å². The van der Waals surface area contributed by atoms with Crippen LogP contribution in [0.4, 0.5) is 8.78 Å². The van der Waals surface area contributed by atoms with Crippen LogP contribution in [0.5, 0.6) is 0 Å². The molecule has 0 spiro atoms. The zero-order chi connectivity index (χ0) is 14.4. The summed E-state index contributed by atoms with van der Waals surface area (Å²) in [5.74, 6) is -1.87. The first-order chi connectivity index (χ1) is 9.45. The van der Waals surface area contributed by atoms with Crippen molar-refractivity contribution in [3.05, 3.63) is 33.7 Å². The fourth-order valence-electron chi connectivity index (χ4n) is 3.26. The number of imidazole rings is 1. The molecule has 2 atom stereocenters. The van der Waals surface area contributed by atoms with Crippen LogP contribution >= 0.6 is 0 Å². The monoisotopic (exact) mass is 281 g/mol. The van der Waals surface area contributed by atoms with E-state index in [0.717, 1.165) is 12.8 Å². The molecule has 20 heavy (non-hydrogen) atoms. The molecule has 0 amide bonds. The van der Waals surface area contributed by atoms with Gasteiger partial charge < -0.3 is 15.3 Å². The predicted octanol–water partition coefficient (Wildman–Crippen LogP) is 2.38. The summed E-state index contributed by atoms with van der Waals surface area (Å²) in [5, 5.41) is 3.37. The normalized spacial score (nSPS) is 27.1. The van der Waals surface area contributed by atoms with E-state index < -0.39 is 17.3 Å². The van der Waals surface area contributed by atoms with E-state index in [2.05, 4.69) is 15.3 Å². The second kappa shape index (κ2) is 4.70. The van der Waals surface area contributed by atoms with Crippen molar-refractivity contribution in [1.29, 1.82) is 0 Å². The summed E-state index contributed by atoms with van der Waals surface area (Å²) in [5.41, 5.74) is 0.0574. The van der Waals surface area contributed by atoms with Gasteiger partial charge in [0.25, 0.3) is 0 Å². The second-order valence-corrected chi connectivity index (χ2v) is 5.73. The van der Waals surface area contributed by atoms with E-state index in [1.165, 1.54) is 0 Å². The molecule has 0 radical (unpaired) electrons. The Balaban J connectivity index is 2.11. The predicted molar refractivity (Wildman–Crippen MR) is 72.9 cm³/mol. The summed E-state index contributed by atoms with van der Waals surface area (Å²) >= 11 is 0. The topological polar surface area (TPSA) is 60.7 Å².